The molecule has 24 heavy (non-hydrogen) atoms. The fourth-order valence-corrected chi connectivity index (χ4v) is 2.18. The highest BCUT2D eigenvalue weighted by Crippen LogP contribution is 2.04. The second-order valence-corrected chi connectivity index (χ2v) is 5.05. The maximum atomic E-state index is 13.2. The highest BCUT2D eigenvalue weighted by Gasteiger charge is 2.02. The fourth-order valence-electron chi connectivity index (χ4n) is 2.18. The van der Waals surface area contributed by atoms with E-state index in [4.69, 9.17) is 0 Å². The van der Waals surface area contributed by atoms with Gasteiger partial charge < -0.3 is 15.2 Å². The van der Waals surface area contributed by atoms with Gasteiger partial charge >= 0.3 is 0 Å². The van der Waals surface area contributed by atoms with Gasteiger partial charge in [-0.3, -0.25) is 0 Å². The number of nitrogens with one attached hydrogen (secondary N) is 2. The molecule has 0 spiro atoms. The second kappa shape index (κ2) is 11.0. The first-order chi connectivity index (χ1) is 11.2. The van der Waals surface area contributed by atoms with Crippen LogP contribution in [-0.4, -0.2) is 33.8 Å². The van der Waals surface area contributed by atoms with Crippen molar-refractivity contribution in [2.75, 3.05) is 13.1 Å². The molecule has 1 heterocycles. The molecule has 6 nitrogen and oxygen atoms in total. The van der Waals surface area contributed by atoms with E-state index in [-0.39, 0.29) is 29.8 Å². The molecule has 0 fully saturated rings. The standard InChI is InChI=1S/C16H23FN6.HI/c1-3-15-22-21-12-23(15)9-8-19-16(18-4-2)20-11-13-6-5-7-14(17)10-13;/h5-7,10,12H,3-4,8-9,11H2,1-2H3,(H2,18,19,20);1H. The lowest BCUT2D eigenvalue weighted by Crippen LogP contribution is -2.38. The predicted octanol–water partition coefficient (Wildman–Crippen LogP) is 2.35. The zero-order valence-corrected chi connectivity index (χ0v) is 16.3. The van der Waals surface area contributed by atoms with Crippen molar-refractivity contribution in [2.45, 2.75) is 33.4 Å². The molecule has 132 valence electrons. The Hall–Kier alpha value is -1.71. The summed E-state index contributed by atoms with van der Waals surface area (Å²) in [5.74, 6) is 1.44. The lowest BCUT2D eigenvalue weighted by atomic mass is 10.2. The molecule has 0 bridgehead atoms. The summed E-state index contributed by atoms with van der Waals surface area (Å²) in [5, 5.41) is 14.4. The molecule has 0 saturated carbocycles. The molecule has 8 heteroatoms. The van der Waals surface area contributed by atoms with Crippen molar-refractivity contribution >= 4 is 29.9 Å². The van der Waals surface area contributed by atoms with Gasteiger partial charge in [0.2, 0.25) is 0 Å². The minimum atomic E-state index is -0.240. The third-order valence-corrected chi connectivity index (χ3v) is 3.31. The summed E-state index contributed by atoms with van der Waals surface area (Å²) in [5.41, 5.74) is 0.842. The van der Waals surface area contributed by atoms with Crippen LogP contribution in [-0.2, 0) is 19.5 Å². The Morgan fingerprint density at radius 2 is 2.12 bits per heavy atom. The molecule has 0 atom stereocenters. The summed E-state index contributed by atoms with van der Waals surface area (Å²) < 4.78 is 15.2. The van der Waals surface area contributed by atoms with E-state index >= 15 is 0 Å². The molecule has 0 aliphatic carbocycles. The number of rotatable bonds is 7. The van der Waals surface area contributed by atoms with E-state index < -0.39 is 0 Å². The predicted molar refractivity (Wildman–Crippen MR) is 104 cm³/mol. The second-order valence-electron chi connectivity index (χ2n) is 5.05. The van der Waals surface area contributed by atoms with Crippen LogP contribution in [0.3, 0.4) is 0 Å². The average Bonchev–Trinajstić information content (AvgIpc) is 3.00. The van der Waals surface area contributed by atoms with Crippen molar-refractivity contribution in [3.63, 3.8) is 0 Å². The Kier molecular flexibility index (Phi) is 9.28. The first-order valence-electron chi connectivity index (χ1n) is 7.86. The monoisotopic (exact) mass is 446 g/mol. The van der Waals surface area contributed by atoms with Crippen molar-refractivity contribution in [3.05, 3.63) is 47.8 Å². The van der Waals surface area contributed by atoms with Crippen LogP contribution >= 0.6 is 24.0 Å². The number of aliphatic imine (C=N–C) groups is 1. The Labute approximate surface area is 159 Å². The van der Waals surface area contributed by atoms with Crippen LogP contribution < -0.4 is 10.6 Å². The van der Waals surface area contributed by atoms with Gasteiger partial charge in [0.25, 0.3) is 0 Å². The number of hydrogen-bond donors (Lipinski definition) is 2. The van der Waals surface area contributed by atoms with Crippen LogP contribution in [0.25, 0.3) is 0 Å². The third-order valence-electron chi connectivity index (χ3n) is 3.31. The number of benzene rings is 1. The van der Waals surface area contributed by atoms with Gasteiger partial charge in [-0.05, 0) is 24.6 Å². The van der Waals surface area contributed by atoms with Crippen molar-refractivity contribution in [2.24, 2.45) is 4.99 Å². The minimum Gasteiger partial charge on any atom is -0.357 e. The van der Waals surface area contributed by atoms with Crippen LogP contribution in [0, 0.1) is 5.82 Å². The van der Waals surface area contributed by atoms with E-state index in [0.29, 0.717) is 19.0 Å². The van der Waals surface area contributed by atoms with E-state index in [0.717, 1.165) is 30.9 Å². The molecular formula is C16H24FIN6. The Bertz CT molecular complexity index is 643. The van der Waals surface area contributed by atoms with Crippen molar-refractivity contribution in [3.8, 4) is 0 Å². The molecule has 0 radical (unpaired) electrons. The average molecular weight is 446 g/mol. The van der Waals surface area contributed by atoms with Crippen LogP contribution in [0.15, 0.2) is 35.6 Å². The number of aromatic nitrogens is 3. The van der Waals surface area contributed by atoms with Crippen molar-refractivity contribution < 1.29 is 4.39 Å². The molecule has 0 unspecified atom stereocenters. The normalized spacial score (nSPS) is 11.0. The number of aryl methyl sites for hydroxylation is 1. The number of hydrogen-bond acceptors (Lipinski definition) is 3. The summed E-state index contributed by atoms with van der Waals surface area (Å²) in [6, 6.07) is 6.48. The maximum Gasteiger partial charge on any atom is 0.191 e. The summed E-state index contributed by atoms with van der Waals surface area (Å²) in [6.45, 7) is 6.73. The molecule has 0 aliphatic heterocycles. The third kappa shape index (κ3) is 6.42. The SMILES string of the molecule is CCNC(=NCc1cccc(F)c1)NCCn1cnnc1CC.I. The lowest BCUT2D eigenvalue weighted by Gasteiger charge is -2.12. The Morgan fingerprint density at radius 1 is 1.29 bits per heavy atom. The maximum absolute atomic E-state index is 13.2. The Balaban J connectivity index is 0.00000288. The van der Waals surface area contributed by atoms with Crippen molar-refractivity contribution in [1.82, 2.24) is 25.4 Å². The van der Waals surface area contributed by atoms with Gasteiger partial charge in [0, 0.05) is 26.1 Å². The fraction of sp³-hybridized carbons (Fsp3) is 0.438. The van der Waals surface area contributed by atoms with Gasteiger partial charge in [0.05, 0.1) is 6.54 Å². The van der Waals surface area contributed by atoms with E-state index in [1.807, 2.05) is 17.6 Å². The minimum absolute atomic E-state index is 0. The van der Waals surface area contributed by atoms with Gasteiger partial charge in [-0.25, -0.2) is 9.38 Å². The van der Waals surface area contributed by atoms with Gasteiger partial charge in [-0.1, -0.05) is 19.1 Å². The van der Waals surface area contributed by atoms with Gasteiger partial charge in [-0.15, -0.1) is 34.2 Å². The first-order valence-corrected chi connectivity index (χ1v) is 7.86. The van der Waals surface area contributed by atoms with Crippen molar-refractivity contribution in [1.29, 1.82) is 0 Å². The molecular weight excluding hydrogens is 422 g/mol. The van der Waals surface area contributed by atoms with Crippen LogP contribution in [0.4, 0.5) is 4.39 Å². The lowest BCUT2D eigenvalue weighted by molar-refractivity contribution is 0.624. The largest absolute Gasteiger partial charge is 0.357 e. The molecule has 0 aliphatic rings. The summed E-state index contributed by atoms with van der Waals surface area (Å²) in [7, 11) is 0. The van der Waals surface area contributed by atoms with Gasteiger partial charge in [0.15, 0.2) is 5.96 Å². The zero-order valence-electron chi connectivity index (χ0n) is 14.0. The van der Waals surface area contributed by atoms with E-state index in [1.54, 1.807) is 12.4 Å². The summed E-state index contributed by atoms with van der Waals surface area (Å²) in [4.78, 5) is 4.47. The van der Waals surface area contributed by atoms with E-state index in [9.17, 15) is 4.39 Å². The van der Waals surface area contributed by atoms with E-state index in [1.165, 1.54) is 12.1 Å². The van der Waals surface area contributed by atoms with Gasteiger partial charge in [0.1, 0.15) is 18.0 Å². The number of nitrogens with zero attached hydrogens (tertiary/aromatic N) is 4. The van der Waals surface area contributed by atoms with Crippen LogP contribution in [0.5, 0.6) is 0 Å². The topological polar surface area (TPSA) is 67.1 Å². The summed E-state index contributed by atoms with van der Waals surface area (Å²) >= 11 is 0. The smallest absolute Gasteiger partial charge is 0.191 e. The van der Waals surface area contributed by atoms with Crippen LogP contribution in [0.1, 0.15) is 25.2 Å². The molecule has 2 rings (SSSR count). The quantitative estimate of drug-likeness (QED) is 0.390. The zero-order chi connectivity index (χ0) is 16.5. The summed E-state index contributed by atoms with van der Waals surface area (Å²) in [6.07, 6.45) is 2.59. The molecule has 1 aromatic heterocycles. The first kappa shape index (κ1) is 20.3. The van der Waals surface area contributed by atoms with Crippen LogP contribution in [0.2, 0.25) is 0 Å². The number of halogens is 2. The Morgan fingerprint density at radius 3 is 2.83 bits per heavy atom. The number of guanidine groups is 1. The highest BCUT2D eigenvalue weighted by molar-refractivity contribution is 14.0. The molecule has 0 amide bonds. The molecule has 1 aromatic carbocycles. The molecule has 2 aromatic rings. The molecule has 2 N–H and O–H groups in total. The van der Waals surface area contributed by atoms with E-state index in [2.05, 4.69) is 32.7 Å². The van der Waals surface area contributed by atoms with Gasteiger partial charge in [-0.2, -0.15) is 0 Å². The highest BCUT2D eigenvalue weighted by atomic mass is 127. The molecule has 0 saturated heterocycles.